The van der Waals surface area contributed by atoms with Crippen molar-refractivity contribution >= 4 is 33.3 Å². The summed E-state index contributed by atoms with van der Waals surface area (Å²) >= 11 is 10.4. The van der Waals surface area contributed by atoms with Crippen molar-refractivity contribution in [3.8, 4) is 0 Å². The van der Waals surface area contributed by atoms with Crippen LogP contribution in [0.1, 0.15) is 13.3 Å². The summed E-state index contributed by atoms with van der Waals surface area (Å²) in [6.07, 6.45) is 1.32. The minimum absolute atomic E-state index is 0.158. The lowest BCUT2D eigenvalue weighted by molar-refractivity contribution is 0.473. The van der Waals surface area contributed by atoms with Crippen molar-refractivity contribution in [3.63, 3.8) is 0 Å². The Balaban J connectivity index is 4.58. The molecule has 0 aromatic carbocycles. The number of hydrogen-bond donors (Lipinski definition) is 1. The average molecular weight is 219 g/mol. The van der Waals surface area contributed by atoms with Crippen LogP contribution in [0.5, 0.6) is 0 Å². The normalized spacial score (nSPS) is 14.2. The molecule has 0 aromatic heterocycles. The van der Waals surface area contributed by atoms with Crippen LogP contribution >= 0.6 is 23.2 Å². The number of halogens is 2. The molecular formula is C5H8Cl2O3S. The summed E-state index contributed by atoms with van der Waals surface area (Å²) < 4.78 is 29.4. The van der Waals surface area contributed by atoms with E-state index in [1.807, 2.05) is 0 Å². The van der Waals surface area contributed by atoms with Gasteiger partial charge in [0.25, 0.3) is 10.1 Å². The van der Waals surface area contributed by atoms with Gasteiger partial charge < -0.3 is 0 Å². The summed E-state index contributed by atoms with van der Waals surface area (Å²) in [5, 5.41) is -1.01. The Labute approximate surface area is 75.7 Å². The molecular weight excluding hydrogens is 211 g/mol. The molecule has 66 valence electrons. The van der Waals surface area contributed by atoms with Crippen molar-refractivity contribution < 1.29 is 13.0 Å². The first-order valence-corrected chi connectivity index (χ1v) is 5.13. The van der Waals surface area contributed by atoms with Crippen molar-refractivity contribution in [2.24, 2.45) is 0 Å². The molecule has 1 N–H and O–H groups in total. The van der Waals surface area contributed by atoms with Crippen LogP contribution in [0.2, 0.25) is 0 Å². The Kier molecular flexibility index (Phi) is 4.39. The van der Waals surface area contributed by atoms with Gasteiger partial charge in [-0.1, -0.05) is 30.1 Å². The third-order valence-electron chi connectivity index (χ3n) is 1.10. The van der Waals surface area contributed by atoms with Gasteiger partial charge in [0.1, 0.15) is 9.74 Å². The maximum atomic E-state index is 10.5. The van der Waals surface area contributed by atoms with Gasteiger partial charge >= 0.3 is 0 Å². The Morgan fingerprint density at radius 2 is 2.09 bits per heavy atom. The maximum Gasteiger partial charge on any atom is 0.271 e. The third-order valence-corrected chi connectivity index (χ3v) is 2.58. The van der Waals surface area contributed by atoms with E-state index in [2.05, 4.69) is 0 Å². The SMILES string of the molecule is CC[C@H](C=C(Cl)Cl)S(=O)(=O)O. The smallest absolute Gasteiger partial charge is 0.271 e. The zero-order chi connectivity index (χ0) is 9.07. The first-order chi connectivity index (χ1) is 4.88. The van der Waals surface area contributed by atoms with Gasteiger partial charge in [0.2, 0.25) is 0 Å². The van der Waals surface area contributed by atoms with Gasteiger partial charge in [-0.15, -0.1) is 0 Å². The zero-order valence-electron chi connectivity index (χ0n) is 5.79. The lowest BCUT2D eigenvalue weighted by Crippen LogP contribution is -2.16. The predicted octanol–water partition coefficient (Wildman–Crippen LogP) is 1.97. The largest absolute Gasteiger partial charge is 0.285 e. The zero-order valence-corrected chi connectivity index (χ0v) is 8.12. The number of hydrogen-bond acceptors (Lipinski definition) is 2. The summed E-state index contributed by atoms with van der Waals surface area (Å²) in [7, 11) is -4.06. The molecule has 6 heteroatoms. The van der Waals surface area contributed by atoms with Crippen LogP contribution in [0, 0.1) is 0 Å². The van der Waals surface area contributed by atoms with Gasteiger partial charge in [-0.2, -0.15) is 8.42 Å². The molecule has 0 radical (unpaired) electrons. The maximum absolute atomic E-state index is 10.5. The summed E-state index contributed by atoms with van der Waals surface area (Å²) in [5.41, 5.74) is 0. The molecule has 0 aliphatic rings. The molecule has 0 fully saturated rings. The van der Waals surface area contributed by atoms with E-state index < -0.39 is 15.4 Å². The van der Waals surface area contributed by atoms with Gasteiger partial charge in [-0.25, -0.2) is 0 Å². The highest BCUT2D eigenvalue weighted by Crippen LogP contribution is 2.13. The summed E-state index contributed by atoms with van der Waals surface area (Å²) in [4.78, 5) is 0. The topological polar surface area (TPSA) is 54.4 Å². The van der Waals surface area contributed by atoms with Crippen LogP contribution in [-0.2, 0) is 10.1 Å². The van der Waals surface area contributed by atoms with Crippen molar-refractivity contribution in [1.29, 1.82) is 0 Å². The molecule has 0 saturated carbocycles. The van der Waals surface area contributed by atoms with Crippen molar-refractivity contribution in [3.05, 3.63) is 10.6 Å². The second-order valence-electron chi connectivity index (χ2n) is 1.92. The molecule has 0 bridgehead atoms. The van der Waals surface area contributed by atoms with Crippen molar-refractivity contribution in [2.75, 3.05) is 0 Å². The monoisotopic (exact) mass is 218 g/mol. The Morgan fingerprint density at radius 3 is 2.18 bits per heavy atom. The molecule has 0 saturated heterocycles. The van der Waals surface area contributed by atoms with Gasteiger partial charge in [0.15, 0.2) is 0 Å². The Bertz CT molecular complexity index is 240. The highest BCUT2D eigenvalue weighted by Gasteiger charge is 2.18. The van der Waals surface area contributed by atoms with Crippen molar-refractivity contribution in [2.45, 2.75) is 18.6 Å². The first-order valence-electron chi connectivity index (χ1n) is 2.87. The van der Waals surface area contributed by atoms with Crippen LogP contribution < -0.4 is 0 Å². The average Bonchev–Trinajstić information content (AvgIpc) is 1.79. The quantitative estimate of drug-likeness (QED) is 0.738. The molecule has 0 unspecified atom stereocenters. The minimum atomic E-state index is -4.06. The second-order valence-corrected chi connectivity index (χ2v) is 4.56. The lowest BCUT2D eigenvalue weighted by Gasteiger charge is -2.04. The van der Waals surface area contributed by atoms with E-state index in [0.717, 1.165) is 6.08 Å². The molecule has 0 rings (SSSR count). The minimum Gasteiger partial charge on any atom is -0.285 e. The molecule has 0 aliphatic carbocycles. The van der Waals surface area contributed by atoms with Crippen LogP contribution in [0.25, 0.3) is 0 Å². The molecule has 0 aromatic rings. The van der Waals surface area contributed by atoms with Gasteiger partial charge in [-0.3, -0.25) is 4.55 Å². The van der Waals surface area contributed by atoms with Crippen LogP contribution in [0.15, 0.2) is 10.6 Å². The van der Waals surface area contributed by atoms with Crippen LogP contribution in [0.3, 0.4) is 0 Å². The summed E-state index contributed by atoms with van der Waals surface area (Å²) in [6.45, 7) is 1.60. The third kappa shape index (κ3) is 4.63. The predicted molar refractivity (Wildman–Crippen MR) is 45.4 cm³/mol. The van der Waals surface area contributed by atoms with Gasteiger partial charge in [0, 0.05) is 0 Å². The van der Waals surface area contributed by atoms with E-state index in [-0.39, 0.29) is 10.9 Å². The molecule has 0 aliphatic heterocycles. The molecule has 11 heavy (non-hydrogen) atoms. The van der Waals surface area contributed by atoms with Gasteiger partial charge in [-0.05, 0) is 12.5 Å². The lowest BCUT2D eigenvalue weighted by atomic mass is 10.3. The fraction of sp³-hybridized carbons (Fsp3) is 0.600. The Hall–Kier alpha value is 0.230. The number of rotatable bonds is 3. The fourth-order valence-corrected chi connectivity index (χ4v) is 1.74. The van der Waals surface area contributed by atoms with Crippen molar-refractivity contribution in [1.82, 2.24) is 0 Å². The molecule has 3 nitrogen and oxygen atoms in total. The summed E-state index contributed by atoms with van der Waals surface area (Å²) in [6, 6.07) is 0. The van der Waals surface area contributed by atoms with E-state index in [4.69, 9.17) is 27.8 Å². The highest BCUT2D eigenvalue weighted by molar-refractivity contribution is 7.86. The van der Waals surface area contributed by atoms with E-state index >= 15 is 0 Å². The molecule has 0 heterocycles. The molecule has 1 atom stereocenters. The standard InChI is InChI=1S/C5H8Cl2O3S/c1-2-4(3-5(6)7)11(8,9)10/h3-4H,2H2,1H3,(H,8,9,10)/t4-/m1/s1. The van der Waals surface area contributed by atoms with E-state index in [9.17, 15) is 8.42 Å². The first kappa shape index (κ1) is 11.2. The van der Waals surface area contributed by atoms with E-state index in [1.54, 1.807) is 6.92 Å². The van der Waals surface area contributed by atoms with Crippen LogP contribution in [0.4, 0.5) is 0 Å². The van der Waals surface area contributed by atoms with Crippen LogP contribution in [-0.4, -0.2) is 18.2 Å². The second kappa shape index (κ2) is 4.30. The van der Waals surface area contributed by atoms with Gasteiger partial charge in [0.05, 0.1) is 0 Å². The fourth-order valence-electron chi connectivity index (χ4n) is 0.555. The molecule has 0 spiro atoms. The Morgan fingerprint density at radius 1 is 1.64 bits per heavy atom. The van der Waals surface area contributed by atoms with E-state index in [1.165, 1.54) is 0 Å². The highest BCUT2D eigenvalue weighted by atomic mass is 35.5. The molecule has 0 amide bonds. The van der Waals surface area contributed by atoms with E-state index in [0.29, 0.717) is 0 Å². The summed E-state index contributed by atoms with van der Waals surface area (Å²) in [5.74, 6) is 0.